The molecule has 0 spiro atoms. The molecule has 2 nitrogen and oxygen atoms in total. The number of nitrogens with two attached hydrogens (primary N) is 1. The molecule has 0 aromatic heterocycles. The lowest BCUT2D eigenvalue weighted by Gasteiger charge is -2.46. The van der Waals surface area contributed by atoms with Gasteiger partial charge in [0.1, 0.15) is 0 Å². The highest BCUT2D eigenvalue weighted by atomic mass is 15.2. The van der Waals surface area contributed by atoms with Crippen molar-refractivity contribution in [3.8, 4) is 0 Å². The van der Waals surface area contributed by atoms with Crippen LogP contribution < -0.4 is 10.6 Å². The highest BCUT2D eigenvalue weighted by Crippen LogP contribution is 2.51. The summed E-state index contributed by atoms with van der Waals surface area (Å²) < 4.78 is 0. The largest absolute Gasteiger partial charge is 0.364 e. The molecule has 2 aliphatic rings. The van der Waals surface area contributed by atoms with Crippen LogP contribution >= 0.6 is 0 Å². The lowest BCUT2D eigenvalue weighted by molar-refractivity contribution is 0.303. The Balaban J connectivity index is 2.05. The van der Waals surface area contributed by atoms with Gasteiger partial charge in [-0.2, -0.15) is 0 Å². The molecule has 2 unspecified atom stereocenters. The Morgan fingerprint density at radius 2 is 2.00 bits per heavy atom. The molecule has 2 heteroatoms. The minimum Gasteiger partial charge on any atom is -0.364 e. The Morgan fingerprint density at radius 3 is 2.67 bits per heavy atom. The van der Waals surface area contributed by atoms with Gasteiger partial charge >= 0.3 is 0 Å². The summed E-state index contributed by atoms with van der Waals surface area (Å²) in [6.45, 7) is 9.16. The van der Waals surface area contributed by atoms with Crippen molar-refractivity contribution in [1.29, 1.82) is 0 Å². The second-order valence-electron chi connectivity index (χ2n) is 7.99. The third-order valence-corrected chi connectivity index (χ3v) is 5.81. The molecular formula is C19H30N2. The van der Waals surface area contributed by atoms with Crippen molar-refractivity contribution in [3.05, 3.63) is 29.8 Å². The minimum atomic E-state index is 0.143. The van der Waals surface area contributed by atoms with Gasteiger partial charge in [0.25, 0.3) is 0 Å². The van der Waals surface area contributed by atoms with E-state index in [1.807, 2.05) is 0 Å². The molecule has 1 fully saturated rings. The van der Waals surface area contributed by atoms with Gasteiger partial charge in [0, 0.05) is 18.8 Å². The number of aryl methyl sites for hydroxylation is 1. The Hall–Kier alpha value is -1.02. The average molecular weight is 286 g/mol. The molecule has 3 rings (SSSR count). The van der Waals surface area contributed by atoms with Gasteiger partial charge in [0.05, 0.1) is 5.54 Å². The molecule has 0 amide bonds. The summed E-state index contributed by atoms with van der Waals surface area (Å²) in [6, 6.07) is 8.99. The first-order valence-corrected chi connectivity index (χ1v) is 8.54. The highest BCUT2D eigenvalue weighted by Gasteiger charge is 2.51. The SMILES string of the molecule is CC1CC(C)(C)CC1(CN)N1CCCCc2ccccc21. The molecule has 116 valence electrons. The summed E-state index contributed by atoms with van der Waals surface area (Å²) in [6.07, 6.45) is 6.29. The summed E-state index contributed by atoms with van der Waals surface area (Å²) in [5, 5.41) is 0. The molecule has 21 heavy (non-hydrogen) atoms. The molecule has 2 N–H and O–H groups in total. The van der Waals surface area contributed by atoms with E-state index in [2.05, 4.69) is 49.9 Å². The lowest BCUT2D eigenvalue weighted by Crippen LogP contribution is -2.56. The Labute approximate surface area is 129 Å². The zero-order valence-electron chi connectivity index (χ0n) is 13.9. The monoisotopic (exact) mass is 286 g/mol. The van der Waals surface area contributed by atoms with Crippen molar-refractivity contribution in [1.82, 2.24) is 0 Å². The maximum atomic E-state index is 6.38. The van der Waals surface area contributed by atoms with E-state index in [-0.39, 0.29) is 5.54 Å². The Bertz CT molecular complexity index is 508. The fraction of sp³-hybridized carbons (Fsp3) is 0.684. The first-order valence-electron chi connectivity index (χ1n) is 8.54. The number of benzene rings is 1. The van der Waals surface area contributed by atoms with Gasteiger partial charge in [-0.3, -0.25) is 0 Å². The topological polar surface area (TPSA) is 29.3 Å². The first-order chi connectivity index (χ1) is 9.98. The van der Waals surface area contributed by atoms with Crippen molar-refractivity contribution < 1.29 is 0 Å². The van der Waals surface area contributed by atoms with Gasteiger partial charge in [0.15, 0.2) is 0 Å². The van der Waals surface area contributed by atoms with E-state index < -0.39 is 0 Å². The van der Waals surface area contributed by atoms with Crippen molar-refractivity contribution in [2.75, 3.05) is 18.0 Å². The van der Waals surface area contributed by atoms with Crippen LogP contribution in [0.25, 0.3) is 0 Å². The number of para-hydroxylation sites is 1. The van der Waals surface area contributed by atoms with Crippen LogP contribution in [0.2, 0.25) is 0 Å². The summed E-state index contributed by atoms with van der Waals surface area (Å²) in [5.41, 5.74) is 9.89. The number of rotatable bonds is 2. The summed E-state index contributed by atoms with van der Waals surface area (Å²) >= 11 is 0. The maximum absolute atomic E-state index is 6.38. The predicted octanol–water partition coefficient (Wildman–Crippen LogP) is 3.98. The van der Waals surface area contributed by atoms with Crippen LogP contribution in [0.15, 0.2) is 24.3 Å². The molecule has 1 heterocycles. The fourth-order valence-corrected chi connectivity index (χ4v) is 4.99. The second kappa shape index (κ2) is 5.31. The van der Waals surface area contributed by atoms with Crippen LogP contribution in [0.4, 0.5) is 5.69 Å². The van der Waals surface area contributed by atoms with E-state index in [1.165, 1.54) is 43.4 Å². The predicted molar refractivity (Wildman–Crippen MR) is 90.7 cm³/mol. The zero-order valence-corrected chi connectivity index (χ0v) is 13.9. The molecule has 0 saturated heterocycles. The average Bonchev–Trinajstić information content (AvgIpc) is 2.61. The quantitative estimate of drug-likeness (QED) is 0.891. The van der Waals surface area contributed by atoms with Crippen molar-refractivity contribution in [2.45, 2.75) is 58.4 Å². The smallest absolute Gasteiger partial charge is 0.0554 e. The lowest BCUT2D eigenvalue weighted by atomic mass is 9.84. The molecule has 1 aromatic rings. The van der Waals surface area contributed by atoms with E-state index >= 15 is 0 Å². The molecule has 1 aliphatic heterocycles. The maximum Gasteiger partial charge on any atom is 0.0554 e. The number of hydrogen-bond acceptors (Lipinski definition) is 2. The third-order valence-electron chi connectivity index (χ3n) is 5.81. The van der Waals surface area contributed by atoms with E-state index in [4.69, 9.17) is 5.73 Å². The minimum absolute atomic E-state index is 0.143. The molecule has 1 aromatic carbocycles. The number of fused-ring (bicyclic) bond motifs is 1. The first kappa shape index (κ1) is 14.9. The standard InChI is InChI=1S/C19H30N2/c1-15-12-18(2,3)13-19(15,14-20)21-11-7-6-9-16-8-4-5-10-17(16)21/h4-5,8,10,15H,6-7,9,11-14,20H2,1-3H3. The van der Waals surface area contributed by atoms with Crippen molar-refractivity contribution >= 4 is 5.69 Å². The van der Waals surface area contributed by atoms with Crippen LogP contribution in [0.3, 0.4) is 0 Å². The van der Waals surface area contributed by atoms with Gasteiger partial charge < -0.3 is 10.6 Å². The number of anilines is 1. The number of nitrogens with zero attached hydrogens (tertiary/aromatic N) is 1. The molecule has 2 atom stereocenters. The Kier molecular flexibility index (Phi) is 3.77. The molecular weight excluding hydrogens is 256 g/mol. The van der Waals surface area contributed by atoms with Crippen LogP contribution in [-0.2, 0) is 6.42 Å². The van der Waals surface area contributed by atoms with Crippen LogP contribution in [0, 0.1) is 11.3 Å². The summed E-state index contributed by atoms with van der Waals surface area (Å²) in [4.78, 5) is 2.69. The van der Waals surface area contributed by atoms with E-state index in [0.717, 1.165) is 13.1 Å². The van der Waals surface area contributed by atoms with Crippen LogP contribution in [0.5, 0.6) is 0 Å². The van der Waals surface area contributed by atoms with Crippen LogP contribution in [0.1, 0.15) is 52.0 Å². The van der Waals surface area contributed by atoms with Gasteiger partial charge in [0.2, 0.25) is 0 Å². The van der Waals surface area contributed by atoms with Gasteiger partial charge in [-0.05, 0) is 55.1 Å². The fourth-order valence-electron chi connectivity index (χ4n) is 4.99. The zero-order chi connectivity index (χ0) is 15.1. The van der Waals surface area contributed by atoms with Crippen molar-refractivity contribution in [3.63, 3.8) is 0 Å². The van der Waals surface area contributed by atoms with E-state index in [9.17, 15) is 0 Å². The Morgan fingerprint density at radius 1 is 1.24 bits per heavy atom. The molecule has 0 bridgehead atoms. The summed E-state index contributed by atoms with van der Waals surface area (Å²) in [5.74, 6) is 0.656. The number of hydrogen-bond donors (Lipinski definition) is 1. The van der Waals surface area contributed by atoms with Crippen molar-refractivity contribution in [2.24, 2.45) is 17.1 Å². The normalized spacial score (nSPS) is 31.8. The second-order valence-corrected chi connectivity index (χ2v) is 7.99. The molecule has 1 saturated carbocycles. The molecule has 1 aliphatic carbocycles. The van der Waals surface area contributed by atoms with Crippen LogP contribution in [-0.4, -0.2) is 18.6 Å². The molecule has 0 radical (unpaired) electrons. The van der Waals surface area contributed by atoms with E-state index in [1.54, 1.807) is 0 Å². The van der Waals surface area contributed by atoms with Gasteiger partial charge in [-0.15, -0.1) is 0 Å². The third kappa shape index (κ3) is 2.48. The van der Waals surface area contributed by atoms with Gasteiger partial charge in [-0.1, -0.05) is 39.0 Å². The summed E-state index contributed by atoms with van der Waals surface area (Å²) in [7, 11) is 0. The van der Waals surface area contributed by atoms with E-state index in [0.29, 0.717) is 11.3 Å². The van der Waals surface area contributed by atoms with Gasteiger partial charge in [-0.25, -0.2) is 0 Å². The highest BCUT2D eigenvalue weighted by molar-refractivity contribution is 5.57.